The Kier molecular flexibility index (Phi) is 10.2. The molecule has 0 aliphatic rings. The van der Waals surface area contributed by atoms with Crippen LogP contribution in [0.1, 0.15) is 37.0 Å². The lowest BCUT2D eigenvalue weighted by Crippen LogP contribution is -2.54. The summed E-state index contributed by atoms with van der Waals surface area (Å²) in [4.78, 5) is 29.0. The van der Waals surface area contributed by atoms with Crippen LogP contribution in [0, 0.1) is 6.92 Å². The van der Waals surface area contributed by atoms with Gasteiger partial charge in [0, 0.05) is 26.1 Å². The summed E-state index contributed by atoms with van der Waals surface area (Å²) in [5.41, 5.74) is 2.69. The summed E-state index contributed by atoms with van der Waals surface area (Å²) in [7, 11) is -2.51. The Labute approximate surface area is 226 Å². The highest BCUT2D eigenvalue weighted by Gasteiger charge is 2.33. The average Bonchev–Trinajstić information content (AvgIpc) is 2.91. The molecule has 7 nitrogen and oxygen atoms in total. The van der Waals surface area contributed by atoms with Crippen molar-refractivity contribution in [3.63, 3.8) is 0 Å². The fourth-order valence-corrected chi connectivity index (χ4v) is 5.15. The number of nitrogens with zero attached hydrogens (tertiary/aromatic N) is 2. The van der Waals surface area contributed by atoms with E-state index >= 15 is 0 Å². The van der Waals surface area contributed by atoms with Crippen molar-refractivity contribution in [3.8, 4) is 0 Å². The molecule has 1 N–H and O–H groups in total. The molecule has 202 valence electrons. The van der Waals surface area contributed by atoms with Crippen LogP contribution in [0.15, 0.2) is 89.8 Å². The Hall–Kier alpha value is -3.49. The topological polar surface area (TPSA) is 86.8 Å². The molecule has 2 amide bonds. The van der Waals surface area contributed by atoms with Crippen molar-refractivity contribution in [1.29, 1.82) is 0 Å². The summed E-state index contributed by atoms with van der Waals surface area (Å²) in [6, 6.07) is 24.5. The van der Waals surface area contributed by atoms with E-state index < -0.39 is 28.5 Å². The smallest absolute Gasteiger partial charge is 0.243 e. The number of hydrogen-bond donors (Lipinski definition) is 1. The highest BCUT2D eigenvalue weighted by atomic mass is 32.2. The molecule has 38 heavy (non-hydrogen) atoms. The minimum Gasteiger partial charge on any atom is -0.352 e. The summed E-state index contributed by atoms with van der Waals surface area (Å²) in [5.74, 6) is -0.719. The van der Waals surface area contributed by atoms with Gasteiger partial charge in [-0.3, -0.25) is 9.59 Å². The van der Waals surface area contributed by atoms with Gasteiger partial charge in [-0.1, -0.05) is 85.3 Å². The molecule has 0 heterocycles. The van der Waals surface area contributed by atoms with Gasteiger partial charge < -0.3 is 10.2 Å². The summed E-state index contributed by atoms with van der Waals surface area (Å²) in [6.07, 6.45) is 1.05. The van der Waals surface area contributed by atoms with Gasteiger partial charge in [-0.15, -0.1) is 0 Å². The minimum absolute atomic E-state index is 0.0703. The molecule has 8 heteroatoms. The number of sulfonamides is 1. The number of hydrogen-bond acceptors (Lipinski definition) is 4. The van der Waals surface area contributed by atoms with Gasteiger partial charge in [0.1, 0.15) is 6.04 Å². The molecular formula is C30H37N3O4S. The van der Waals surface area contributed by atoms with Crippen LogP contribution in [-0.2, 0) is 32.6 Å². The number of rotatable bonds is 12. The van der Waals surface area contributed by atoms with Gasteiger partial charge >= 0.3 is 0 Å². The molecule has 0 saturated carbocycles. The van der Waals surface area contributed by atoms with Gasteiger partial charge in [0.25, 0.3) is 0 Å². The Morgan fingerprint density at radius 2 is 1.42 bits per heavy atom. The lowest BCUT2D eigenvalue weighted by molar-refractivity contribution is -0.141. The third-order valence-corrected chi connectivity index (χ3v) is 8.37. The van der Waals surface area contributed by atoms with E-state index in [-0.39, 0.29) is 23.4 Å². The third-order valence-electron chi connectivity index (χ3n) is 6.55. The van der Waals surface area contributed by atoms with E-state index in [2.05, 4.69) is 5.32 Å². The second-order valence-electron chi connectivity index (χ2n) is 9.60. The quantitative estimate of drug-likeness (QED) is 0.377. The van der Waals surface area contributed by atoms with Crippen molar-refractivity contribution in [1.82, 2.24) is 14.5 Å². The average molecular weight is 536 g/mol. The van der Waals surface area contributed by atoms with Gasteiger partial charge in [0.2, 0.25) is 21.8 Å². The SMILES string of the molecule is CC[C@H](C)NC(=O)[C@H](Cc1ccccc1)N(Cc1ccccc1)C(=O)CN(C)S(=O)(=O)c1ccc(C)cc1. The van der Waals surface area contributed by atoms with Crippen LogP contribution in [0.25, 0.3) is 0 Å². The Balaban J connectivity index is 1.95. The number of benzene rings is 3. The Bertz CT molecular complexity index is 1300. The number of amides is 2. The fraction of sp³-hybridized carbons (Fsp3) is 0.333. The molecule has 3 aromatic rings. The Morgan fingerprint density at radius 3 is 1.97 bits per heavy atom. The first-order valence-electron chi connectivity index (χ1n) is 12.8. The van der Waals surface area contributed by atoms with E-state index in [1.165, 1.54) is 24.1 Å². The molecule has 0 aliphatic carbocycles. The standard InChI is InChI=1S/C30H37N3O4S/c1-5-24(3)31-30(35)28(20-25-12-8-6-9-13-25)33(21-26-14-10-7-11-15-26)29(34)22-32(4)38(36,37)27-18-16-23(2)17-19-27/h6-19,24,28H,5,20-22H2,1-4H3,(H,31,35)/t24-,28-/m0/s1. The molecule has 3 aromatic carbocycles. The summed E-state index contributed by atoms with van der Waals surface area (Å²) in [5, 5.41) is 3.02. The first kappa shape index (κ1) is 29.1. The molecule has 0 aliphatic heterocycles. The molecule has 0 spiro atoms. The van der Waals surface area contributed by atoms with Crippen LogP contribution in [0.4, 0.5) is 0 Å². The number of carbonyl (C=O) groups is 2. The van der Waals surface area contributed by atoms with E-state index in [9.17, 15) is 18.0 Å². The lowest BCUT2D eigenvalue weighted by atomic mass is 10.0. The second kappa shape index (κ2) is 13.3. The first-order chi connectivity index (χ1) is 18.1. The van der Waals surface area contributed by atoms with Crippen molar-refractivity contribution >= 4 is 21.8 Å². The zero-order chi connectivity index (χ0) is 27.7. The molecule has 0 fully saturated rings. The van der Waals surface area contributed by atoms with Crippen molar-refractivity contribution in [2.75, 3.05) is 13.6 Å². The Morgan fingerprint density at radius 1 is 0.868 bits per heavy atom. The van der Waals surface area contributed by atoms with Gasteiger partial charge in [0.15, 0.2) is 0 Å². The molecule has 2 atom stereocenters. The predicted octanol–water partition coefficient (Wildman–Crippen LogP) is 4.17. The van der Waals surface area contributed by atoms with Crippen LogP contribution in [-0.4, -0.2) is 55.1 Å². The van der Waals surface area contributed by atoms with E-state index in [0.29, 0.717) is 6.42 Å². The summed E-state index contributed by atoms with van der Waals surface area (Å²) < 4.78 is 27.5. The molecule has 0 bridgehead atoms. The van der Waals surface area contributed by atoms with Crippen molar-refractivity contribution in [2.24, 2.45) is 0 Å². The molecule has 0 saturated heterocycles. The minimum atomic E-state index is -3.90. The first-order valence-corrected chi connectivity index (χ1v) is 14.3. The maximum Gasteiger partial charge on any atom is 0.243 e. The predicted molar refractivity (Wildman–Crippen MR) is 150 cm³/mol. The normalized spacial score (nSPS) is 13.1. The zero-order valence-corrected chi connectivity index (χ0v) is 23.3. The van der Waals surface area contributed by atoms with Crippen LogP contribution in [0.2, 0.25) is 0 Å². The third kappa shape index (κ3) is 7.76. The van der Waals surface area contributed by atoms with Crippen molar-refractivity contribution in [2.45, 2.75) is 57.1 Å². The maximum absolute atomic E-state index is 13.8. The fourth-order valence-electron chi connectivity index (χ4n) is 4.03. The van der Waals surface area contributed by atoms with Crippen molar-refractivity contribution < 1.29 is 18.0 Å². The van der Waals surface area contributed by atoms with Crippen LogP contribution < -0.4 is 5.32 Å². The van der Waals surface area contributed by atoms with E-state index in [4.69, 9.17) is 0 Å². The van der Waals surface area contributed by atoms with Crippen LogP contribution >= 0.6 is 0 Å². The molecule has 3 rings (SSSR count). The molecular weight excluding hydrogens is 498 g/mol. The maximum atomic E-state index is 13.8. The van der Waals surface area contributed by atoms with E-state index in [0.717, 1.165) is 27.4 Å². The zero-order valence-electron chi connectivity index (χ0n) is 22.5. The second-order valence-corrected chi connectivity index (χ2v) is 11.6. The number of aryl methyl sites for hydroxylation is 1. The molecule has 0 aromatic heterocycles. The molecule has 0 radical (unpaired) electrons. The summed E-state index contributed by atoms with van der Waals surface area (Å²) in [6.45, 7) is 5.55. The van der Waals surface area contributed by atoms with E-state index in [1.807, 2.05) is 81.4 Å². The van der Waals surface area contributed by atoms with Crippen LogP contribution in [0.3, 0.4) is 0 Å². The highest BCUT2D eigenvalue weighted by molar-refractivity contribution is 7.89. The monoisotopic (exact) mass is 535 g/mol. The van der Waals surface area contributed by atoms with E-state index in [1.54, 1.807) is 12.1 Å². The van der Waals surface area contributed by atoms with Gasteiger partial charge in [0.05, 0.1) is 11.4 Å². The molecule has 0 unspecified atom stereocenters. The summed E-state index contributed by atoms with van der Waals surface area (Å²) >= 11 is 0. The van der Waals surface area contributed by atoms with Crippen LogP contribution in [0.5, 0.6) is 0 Å². The van der Waals surface area contributed by atoms with Gasteiger partial charge in [-0.05, 0) is 43.5 Å². The van der Waals surface area contributed by atoms with Crippen molar-refractivity contribution in [3.05, 3.63) is 102 Å². The number of carbonyl (C=O) groups excluding carboxylic acids is 2. The number of likely N-dealkylation sites (N-methyl/N-ethyl adjacent to an activating group) is 1. The van der Waals surface area contributed by atoms with Gasteiger partial charge in [-0.2, -0.15) is 4.31 Å². The largest absolute Gasteiger partial charge is 0.352 e. The van der Waals surface area contributed by atoms with Gasteiger partial charge in [-0.25, -0.2) is 8.42 Å². The number of nitrogens with one attached hydrogen (secondary N) is 1. The highest BCUT2D eigenvalue weighted by Crippen LogP contribution is 2.18. The lowest BCUT2D eigenvalue weighted by Gasteiger charge is -2.33.